The van der Waals surface area contributed by atoms with Crippen molar-refractivity contribution < 1.29 is 55.0 Å². The quantitative estimate of drug-likeness (QED) is 0.408. The molecule has 2 aromatic rings. The molecule has 246 valence electrons. The largest absolute Gasteiger partial charge is 0.465 e. The van der Waals surface area contributed by atoms with Crippen LogP contribution in [0.4, 0.5) is 46.0 Å². The Morgan fingerprint density at radius 3 is 2.02 bits per heavy atom. The predicted octanol–water partition coefficient (Wildman–Crippen LogP) is 5.41. The lowest BCUT2D eigenvalue weighted by Gasteiger charge is -2.38. The number of halogens is 7. The number of ether oxygens (including phenoxy) is 1. The van der Waals surface area contributed by atoms with Crippen LogP contribution < -0.4 is 10.2 Å². The second-order valence-corrected chi connectivity index (χ2v) is 11.2. The van der Waals surface area contributed by atoms with Gasteiger partial charge in [-0.3, -0.25) is 9.69 Å². The van der Waals surface area contributed by atoms with Crippen LogP contribution in [0.15, 0.2) is 42.5 Å². The van der Waals surface area contributed by atoms with Crippen molar-refractivity contribution in [1.82, 2.24) is 15.1 Å². The zero-order chi connectivity index (χ0) is 33.3. The molecule has 2 atom stereocenters. The van der Waals surface area contributed by atoms with Crippen LogP contribution in [0, 0.1) is 11.2 Å². The number of hydrogen-bond acceptors (Lipinski definition) is 4. The number of rotatable bonds is 6. The lowest BCUT2D eigenvalue weighted by molar-refractivity contribution is -0.146. The number of anilines is 1. The molecule has 2 aliphatic heterocycles. The minimum absolute atomic E-state index is 0.0218. The molecule has 0 saturated carbocycles. The number of carbonyl (C=O) groups excluding carboxylic acids is 2. The van der Waals surface area contributed by atoms with Crippen LogP contribution in [0.1, 0.15) is 35.4 Å². The zero-order valence-corrected chi connectivity index (χ0v) is 24.2. The summed E-state index contributed by atoms with van der Waals surface area (Å²) in [7, 11) is 2.34. The van der Waals surface area contributed by atoms with E-state index in [1.54, 1.807) is 0 Å². The molecule has 0 spiro atoms. The van der Waals surface area contributed by atoms with E-state index in [1.807, 2.05) is 0 Å². The molecule has 0 aliphatic carbocycles. The first-order valence-electron chi connectivity index (χ1n) is 13.8. The number of likely N-dealkylation sites (tertiary alicyclic amines) is 1. The number of benzene rings is 2. The Balaban J connectivity index is 1.67. The number of likely N-dealkylation sites (N-methyl/N-ethyl adjacent to an activating group) is 1. The van der Waals surface area contributed by atoms with E-state index in [1.165, 1.54) is 36.2 Å². The molecule has 0 radical (unpaired) electrons. The van der Waals surface area contributed by atoms with Gasteiger partial charge < -0.3 is 25.0 Å². The summed E-state index contributed by atoms with van der Waals surface area (Å²) in [5.74, 6) is -1.58. The molecule has 0 aromatic heterocycles. The summed E-state index contributed by atoms with van der Waals surface area (Å²) in [5.41, 5.74) is -4.45. The van der Waals surface area contributed by atoms with Gasteiger partial charge in [0.2, 0.25) is 5.91 Å². The molecular weight excluding hydrogens is 617 g/mol. The number of alkyl halides is 6. The summed E-state index contributed by atoms with van der Waals surface area (Å²) in [5, 5.41) is 11.5. The van der Waals surface area contributed by atoms with Crippen molar-refractivity contribution in [3.05, 3.63) is 65.0 Å². The van der Waals surface area contributed by atoms with E-state index in [2.05, 4.69) is 5.32 Å². The molecule has 2 aliphatic rings. The van der Waals surface area contributed by atoms with E-state index in [-0.39, 0.29) is 51.8 Å². The van der Waals surface area contributed by atoms with E-state index >= 15 is 0 Å². The van der Waals surface area contributed by atoms with Crippen LogP contribution in [0.3, 0.4) is 0 Å². The van der Waals surface area contributed by atoms with Crippen LogP contribution in [-0.2, 0) is 21.9 Å². The van der Waals surface area contributed by atoms with Crippen LogP contribution in [0.2, 0.25) is 0 Å². The van der Waals surface area contributed by atoms with Crippen molar-refractivity contribution >= 4 is 23.7 Å². The second-order valence-electron chi connectivity index (χ2n) is 11.2. The number of carboxylic acid groups (broad SMARTS) is 1. The Morgan fingerprint density at radius 1 is 0.956 bits per heavy atom. The maximum absolute atomic E-state index is 14.0. The number of carbonyl (C=O) groups is 3. The lowest BCUT2D eigenvalue weighted by Crippen LogP contribution is -2.53. The van der Waals surface area contributed by atoms with Gasteiger partial charge in [0.1, 0.15) is 5.82 Å². The first-order valence-corrected chi connectivity index (χ1v) is 13.8. The maximum Gasteiger partial charge on any atom is 0.416 e. The van der Waals surface area contributed by atoms with Crippen LogP contribution in [-0.4, -0.2) is 85.9 Å². The van der Waals surface area contributed by atoms with Crippen molar-refractivity contribution in [2.45, 2.75) is 37.2 Å². The first kappa shape index (κ1) is 33.8. The fraction of sp³-hybridized carbons (Fsp3) is 0.483. The summed E-state index contributed by atoms with van der Waals surface area (Å²) >= 11 is 0. The van der Waals surface area contributed by atoms with Crippen molar-refractivity contribution in [3.8, 4) is 0 Å². The van der Waals surface area contributed by atoms with Gasteiger partial charge >= 0.3 is 24.5 Å². The van der Waals surface area contributed by atoms with Gasteiger partial charge in [-0.05, 0) is 48.7 Å². The standard InChI is InChI=1S/C29H31F7N4O5/c1-38(21-12-18(28(31,32)33)11-19(13-21)29(34,35)36)26(44)39(2)23-15-40(14-22(23)17-3-5-20(30)6-4-17)24(41)27(16-37-25(42)43)7-9-45-10-8-27/h3-6,11-13,22-23,37H,7-10,14-16H2,1-2H3,(H,42,43)/t22-,23+/m0/s1. The molecule has 2 fully saturated rings. The van der Waals surface area contributed by atoms with Gasteiger partial charge in [-0.2, -0.15) is 26.3 Å². The van der Waals surface area contributed by atoms with E-state index < -0.39 is 70.4 Å². The summed E-state index contributed by atoms with van der Waals surface area (Å²) in [6, 6.07) is 4.32. The summed E-state index contributed by atoms with van der Waals surface area (Å²) in [6.45, 7) is 0.135. The SMILES string of the molecule is CN(C(=O)N(C)[C@@H]1CN(C(=O)C2(CNC(=O)O)CCOCC2)C[C@H]1c1ccc(F)cc1)c1cc(C(F)(F)F)cc(C(F)(F)F)c1. The molecule has 2 saturated heterocycles. The molecular formula is C29H31F7N4O5. The lowest BCUT2D eigenvalue weighted by atomic mass is 9.78. The van der Waals surface area contributed by atoms with Crippen LogP contribution in [0.5, 0.6) is 0 Å². The summed E-state index contributed by atoms with van der Waals surface area (Å²) in [6.07, 6.45) is -11.1. The third-order valence-electron chi connectivity index (χ3n) is 8.40. The Hall–Kier alpha value is -4.08. The fourth-order valence-corrected chi connectivity index (χ4v) is 5.81. The molecule has 2 heterocycles. The minimum atomic E-state index is -5.12. The molecule has 45 heavy (non-hydrogen) atoms. The molecule has 0 bridgehead atoms. The number of nitrogens with one attached hydrogen (secondary N) is 1. The Kier molecular flexibility index (Phi) is 9.56. The van der Waals surface area contributed by atoms with Crippen molar-refractivity contribution in [1.29, 1.82) is 0 Å². The average Bonchev–Trinajstić information content (AvgIpc) is 3.43. The number of urea groups is 1. The normalized spacial score (nSPS) is 20.1. The van der Waals surface area contributed by atoms with Crippen molar-refractivity contribution in [2.75, 3.05) is 51.8 Å². The maximum atomic E-state index is 14.0. The molecule has 4 amide bonds. The first-order chi connectivity index (χ1) is 20.9. The van der Waals surface area contributed by atoms with Crippen molar-refractivity contribution in [3.63, 3.8) is 0 Å². The topological polar surface area (TPSA) is 102 Å². The van der Waals surface area contributed by atoms with E-state index in [0.717, 1.165) is 11.9 Å². The van der Waals surface area contributed by atoms with Gasteiger partial charge in [-0.1, -0.05) is 12.1 Å². The van der Waals surface area contributed by atoms with Gasteiger partial charge in [0.15, 0.2) is 0 Å². The third-order valence-corrected chi connectivity index (χ3v) is 8.40. The van der Waals surface area contributed by atoms with Crippen LogP contribution in [0.25, 0.3) is 0 Å². The Labute approximate surface area is 253 Å². The average molecular weight is 649 g/mol. The molecule has 2 N–H and O–H groups in total. The summed E-state index contributed by atoms with van der Waals surface area (Å²) in [4.78, 5) is 42.1. The zero-order valence-electron chi connectivity index (χ0n) is 24.2. The number of amides is 4. The number of hydrogen-bond donors (Lipinski definition) is 2. The summed E-state index contributed by atoms with van der Waals surface area (Å²) < 4.78 is 100. The molecule has 9 nitrogen and oxygen atoms in total. The van der Waals surface area contributed by atoms with Gasteiger partial charge in [0, 0.05) is 58.5 Å². The van der Waals surface area contributed by atoms with Gasteiger partial charge in [0.25, 0.3) is 0 Å². The van der Waals surface area contributed by atoms with E-state index in [9.17, 15) is 50.2 Å². The van der Waals surface area contributed by atoms with Crippen LogP contribution >= 0.6 is 0 Å². The molecule has 0 unspecified atom stereocenters. The Morgan fingerprint density at radius 2 is 1.51 bits per heavy atom. The Bertz CT molecular complexity index is 1380. The van der Waals surface area contributed by atoms with E-state index in [0.29, 0.717) is 22.6 Å². The third kappa shape index (κ3) is 7.43. The number of nitrogens with zero attached hydrogens (tertiary/aromatic N) is 3. The molecule has 2 aromatic carbocycles. The monoisotopic (exact) mass is 648 g/mol. The fourth-order valence-electron chi connectivity index (χ4n) is 5.81. The molecule has 16 heteroatoms. The van der Waals surface area contributed by atoms with Crippen molar-refractivity contribution in [2.24, 2.45) is 5.41 Å². The highest BCUT2D eigenvalue weighted by Crippen LogP contribution is 2.40. The van der Waals surface area contributed by atoms with E-state index in [4.69, 9.17) is 4.74 Å². The van der Waals surface area contributed by atoms with Gasteiger partial charge in [-0.25, -0.2) is 14.0 Å². The van der Waals surface area contributed by atoms with Gasteiger partial charge in [0.05, 0.1) is 22.6 Å². The second kappa shape index (κ2) is 12.7. The highest BCUT2D eigenvalue weighted by Gasteiger charge is 2.48. The van der Waals surface area contributed by atoms with Gasteiger partial charge in [-0.15, -0.1) is 0 Å². The molecule has 4 rings (SSSR count). The highest BCUT2D eigenvalue weighted by molar-refractivity contribution is 5.92. The smallest absolute Gasteiger partial charge is 0.416 e. The minimum Gasteiger partial charge on any atom is -0.465 e. The highest BCUT2D eigenvalue weighted by atomic mass is 19.4. The predicted molar refractivity (Wildman–Crippen MR) is 146 cm³/mol.